The van der Waals surface area contributed by atoms with Crippen molar-refractivity contribution in [3.8, 4) is 22.6 Å². The van der Waals surface area contributed by atoms with Crippen molar-refractivity contribution in [2.24, 2.45) is 0 Å². The quantitative estimate of drug-likeness (QED) is 0.791. The van der Waals surface area contributed by atoms with E-state index in [0.29, 0.717) is 16.1 Å². The van der Waals surface area contributed by atoms with Gasteiger partial charge in [-0.25, -0.2) is 9.97 Å². The average molecular weight is 344 g/mol. The third-order valence-electron chi connectivity index (χ3n) is 3.14. The summed E-state index contributed by atoms with van der Waals surface area (Å²) in [6.45, 7) is 2.83. The second-order valence-corrected chi connectivity index (χ2v) is 5.34. The van der Waals surface area contributed by atoms with Gasteiger partial charge in [-0.2, -0.15) is 5.10 Å². The molecule has 1 aromatic carbocycles. The van der Waals surface area contributed by atoms with Crippen LogP contribution in [0.15, 0.2) is 47.2 Å². The van der Waals surface area contributed by atoms with Crippen LogP contribution < -0.4 is 5.73 Å². The molecule has 3 aromatic rings. The van der Waals surface area contributed by atoms with Crippen molar-refractivity contribution in [2.75, 3.05) is 5.73 Å². The van der Waals surface area contributed by atoms with Gasteiger partial charge in [0.25, 0.3) is 0 Å². The van der Waals surface area contributed by atoms with E-state index < -0.39 is 0 Å². The minimum Gasteiger partial charge on any atom is -0.383 e. The lowest BCUT2D eigenvalue weighted by Crippen LogP contribution is -2.00. The molecule has 0 radical (unpaired) electrons. The van der Waals surface area contributed by atoms with Gasteiger partial charge in [0.05, 0.1) is 21.9 Å². The minimum absolute atomic E-state index is 0.420. The molecule has 0 amide bonds. The van der Waals surface area contributed by atoms with Gasteiger partial charge in [0.1, 0.15) is 5.82 Å². The van der Waals surface area contributed by atoms with Crippen LogP contribution in [-0.2, 0) is 6.54 Å². The highest BCUT2D eigenvalue weighted by atomic mass is 79.9. The van der Waals surface area contributed by atoms with E-state index in [1.807, 2.05) is 48.1 Å². The van der Waals surface area contributed by atoms with E-state index in [9.17, 15) is 0 Å². The number of nitrogens with two attached hydrogens (primary N) is 1. The molecule has 2 N–H and O–H groups in total. The van der Waals surface area contributed by atoms with Crippen LogP contribution >= 0.6 is 15.9 Å². The second-order valence-electron chi connectivity index (χ2n) is 4.55. The molecule has 106 valence electrons. The third kappa shape index (κ3) is 2.67. The molecule has 0 aliphatic heterocycles. The van der Waals surface area contributed by atoms with Crippen molar-refractivity contribution < 1.29 is 0 Å². The summed E-state index contributed by atoms with van der Waals surface area (Å²) in [6.07, 6.45) is 3.67. The first-order valence-electron chi connectivity index (χ1n) is 6.60. The number of rotatable bonds is 3. The summed E-state index contributed by atoms with van der Waals surface area (Å²) in [5, 5.41) is 4.25. The standard InChI is InChI=1S/C15H14BrN5/c1-2-21-9-11(8-18-21)15-19-13(12(16)14(17)20-15)10-6-4-3-5-7-10/h3-9H,2H2,1H3,(H2,17,19,20). The van der Waals surface area contributed by atoms with E-state index in [-0.39, 0.29) is 0 Å². The van der Waals surface area contributed by atoms with E-state index in [0.717, 1.165) is 23.4 Å². The van der Waals surface area contributed by atoms with Gasteiger partial charge >= 0.3 is 0 Å². The molecule has 0 saturated heterocycles. The molecule has 0 aliphatic carbocycles. The molecule has 6 heteroatoms. The fourth-order valence-corrected chi connectivity index (χ4v) is 2.44. The monoisotopic (exact) mass is 343 g/mol. The zero-order valence-corrected chi connectivity index (χ0v) is 13.1. The van der Waals surface area contributed by atoms with Crippen LogP contribution in [0.4, 0.5) is 5.82 Å². The maximum absolute atomic E-state index is 6.01. The number of hydrogen-bond donors (Lipinski definition) is 1. The topological polar surface area (TPSA) is 69.6 Å². The molecule has 0 atom stereocenters. The Bertz CT molecular complexity index is 767. The van der Waals surface area contributed by atoms with Gasteiger partial charge in [0, 0.05) is 18.3 Å². The zero-order chi connectivity index (χ0) is 14.8. The molecule has 2 aromatic heterocycles. The summed E-state index contributed by atoms with van der Waals surface area (Å²) in [7, 11) is 0. The zero-order valence-electron chi connectivity index (χ0n) is 11.5. The smallest absolute Gasteiger partial charge is 0.165 e. The van der Waals surface area contributed by atoms with Gasteiger partial charge in [0.2, 0.25) is 0 Å². The lowest BCUT2D eigenvalue weighted by molar-refractivity contribution is 0.660. The van der Waals surface area contributed by atoms with Crippen LogP contribution in [-0.4, -0.2) is 19.7 Å². The summed E-state index contributed by atoms with van der Waals surface area (Å²) in [6, 6.07) is 9.88. The van der Waals surface area contributed by atoms with Gasteiger partial charge in [-0.05, 0) is 22.9 Å². The third-order valence-corrected chi connectivity index (χ3v) is 3.92. The lowest BCUT2D eigenvalue weighted by Gasteiger charge is -2.08. The highest BCUT2D eigenvalue weighted by molar-refractivity contribution is 9.10. The van der Waals surface area contributed by atoms with Gasteiger partial charge in [-0.3, -0.25) is 4.68 Å². The number of aromatic nitrogens is 4. The Hall–Kier alpha value is -2.21. The van der Waals surface area contributed by atoms with Crippen LogP contribution in [0.2, 0.25) is 0 Å². The molecule has 0 spiro atoms. The van der Waals surface area contributed by atoms with Crippen molar-refractivity contribution in [1.82, 2.24) is 19.7 Å². The fraction of sp³-hybridized carbons (Fsp3) is 0.133. The molecule has 0 fully saturated rings. The molecule has 21 heavy (non-hydrogen) atoms. The molecule has 0 saturated carbocycles. The minimum atomic E-state index is 0.420. The number of hydrogen-bond acceptors (Lipinski definition) is 4. The number of nitrogens with zero attached hydrogens (tertiary/aromatic N) is 4. The summed E-state index contributed by atoms with van der Waals surface area (Å²) in [5.74, 6) is 0.998. The summed E-state index contributed by atoms with van der Waals surface area (Å²) >= 11 is 3.47. The second kappa shape index (κ2) is 5.65. The molecule has 2 heterocycles. The van der Waals surface area contributed by atoms with Crippen molar-refractivity contribution in [3.05, 3.63) is 47.2 Å². The lowest BCUT2D eigenvalue weighted by atomic mass is 10.1. The number of halogens is 1. The first kappa shape index (κ1) is 13.8. The Morgan fingerprint density at radius 2 is 1.90 bits per heavy atom. The van der Waals surface area contributed by atoms with Crippen molar-refractivity contribution in [2.45, 2.75) is 13.5 Å². The van der Waals surface area contributed by atoms with Crippen molar-refractivity contribution in [3.63, 3.8) is 0 Å². The maximum atomic E-state index is 6.01. The molecular weight excluding hydrogens is 330 g/mol. The largest absolute Gasteiger partial charge is 0.383 e. The summed E-state index contributed by atoms with van der Waals surface area (Å²) in [5.41, 5.74) is 8.63. The Kier molecular flexibility index (Phi) is 3.70. The Balaban J connectivity index is 2.14. The number of anilines is 1. The van der Waals surface area contributed by atoms with Crippen LogP contribution in [0.1, 0.15) is 6.92 Å². The predicted molar refractivity (Wildman–Crippen MR) is 86.5 cm³/mol. The van der Waals surface area contributed by atoms with Crippen molar-refractivity contribution >= 4 is 21.7 Å². The highest BCUT2D eigenvalue weighted by Crippen LogP contribution is 2.32. The predicted octanol–water partition coefficient (Wildman–Crippen LogP) is 3.37. The number of aryl methyl sites for hydroxylation is 1. The fourth-order valence-electron chi connectivity index (χ4n) is 2.03. The molecule has 3 rings (SSSR count). The first-order valence-corrected chi connectivity index (χ1v) is 7.39. The normalized spacial score (nSPS) is 10.8. The first-order chi connectivity index (χ1) is 10.2. The molecular formula is C15H14BrN5. The molecule has 0 bridgehead atoms. The molecule has 0 aliphatic rings. The van der Waals surface area contributed by atoms with Crippen LogP contribution in [0.3, 0.4) is 0 Å². The van der Waals surface area contributed by atoms with Crippen LogP contribution in [0, 0.1) is 0 Å². The Morgan fingerprint density at radius 3 is 2.57 bits per heavy atom. The van der Waals surface area contributed by atoms with Crippen LogP contribution in [0.5, 0.6) is 0 Å². The van der Waals surface area contributed by atoms with Gasteiger partial charge in [0.15, 0.2) is 5.82 Å². The SMILES string of the molecule is CCn1cc(-c2nc(N)c(Br)c(-c3ccccc3)n2)cn1. The highest BCUT2D eigenvalue weighted by Gasteiger charge is 2.14. The van der Waals surface area contributed by atoms with E-state index in [1.165, 1.54) is 0 Å². The maximum Gasteiger partial charge on any atom is 0.165 e. The van der Waals surface area contributed by atoms with Gasteiger partial charge in [-0.15, -0.1) is 0 Å². The number of nitrogen functional groups attached to an aromatic ring is 1. The Labute approximate surface area is 131 Å². The Morgan fingerprint density at radius 1 is 1.14 bits per heavy atom. The van der Waals surface area contributed by atoms with E-state index in [4.69, 9.17) is 5.73 Å². The van der Waals surface area contributed by atoms with Crippen molar-refractivity contribution in [1.29, 1.82) is 0 Å². The van der Waals surface area contributed by atoms with Crippen LogP contribution in [0.25, 0.3) is 22.6 Å². The van der Waals surface area contributed by atoms with E-state index in [2.05, 4.69) is 31.0 Å². The van der Waals surface area contributed by atoms with E-state index in [1.54, 1.807) is 6.20 Å². The van der Waals surface area contributed by atoms with E-state index >= 15 is 0 Å². The van der Waals surface area contributed by atoms with Gasteiger partial charge < -0.3 is 5.73 Å². The average Bonchev–Trinajstić information content (AvgIpc) is 3.00. The summed E-state index contributed by atoms with van der Waals surface area (Å²) < 4.78 is 2.54. The number of benzene rings is 1. The molecule has 0 unspecified atom stereocenters. The van der Waals surface area contributed by atoms with Gasteiger partial charge in [-0.1, -0.05) is 30.3 Å². The molecule has 5 nitrogen and oxygen atoms in total. The summed E-state index contributed by atoms with van der Waals surface area (Å²) in [4.78, 5) is 8.97.